The lowest BCUT2D eigenvalue weighted by atomic mass is 10.1. The third kappa shape index (κ3) is 7.45. The van der Waals surface area contributed by atoms with E-state index in [9.17, 15) is 36.7 Å². The van der Waals surface area contributed by atoms with Crippen LogP contribution < -0.4 is 29.9 Å². The van der Waals surface area contributed by atoms with Gasteiger partial charge in [0.25, 0.3) is 11.8 Å². The number of hydrogen-bond donors (Lipinski definition) is 2. The van der Waals surface area contributed by atoms with Crippen LogP contribution in [-0.2, 0) is 9.59 Å². The SMILES string of the molecule is COc1ccc(Cl)cc1C(=O)N1CC(=O)Nc2c(F)cccc21.O=C1CN(C(=O)c2cc(Cl)ccc2OC(F)(F)F)c2ccccc2N1. The van der Waals surface area contributed by atoms with Gasteiger partial charge in [0.1, 0.15) is 36.1 Å². The van der Waals surface area contributed by atoms with Gasteiger partial charge in [-0.2, -0.15) is 0 Å². The molecule has 0 fully saturated rings. The maximum Gasteiger partial charge on any atom is 0.573 e. The number of amides is 4. The highest BCUT2D eigenvalue weighted by Gasteiger charge is 2.35. The molecule has 0 saturated carbocycles. The molecule has 248 valence electrons. The Morgan fingerprint density at radius 1 is 0.750 bits per heavy atom. The van der Waals surface area contributed by atoms with Crippen molar-refractivity contribution in [1.82, 2.24) is 0 Å². The fraction of sp³-hybridized carbons (Fsp3) is 0.125. The molecule has 0 aromatic heterocycles. The number of nitrogens with one attached hydrogen (secondary N) is 2. The van der Waals surface area contributed by atoms with E-state index >= 15 is 0 Å². The van der Waals surface area contributed by atoms with Crippen LogP contribution in [0.4, 0.5) is 40.3 Å². The smallest absolute Gasteiger partial charge is 0.496 e. The number of nitrogens with zero attached hydrogens (tertiary/aromatic N) is 2. The molecule has 2 N–H and O–H groups in total. The first-order chi connectivity index (χ1) is 22.8. The number of alkyl halides is 3. The third-order valence-electron chi connectivity index (χ3n) is 6.90. The van der Waals surface area contributed by atoms with Gasteiger partial charge >= 0.3 is 6.36 Å². The minimum atomic E-state index is -4.97. The van der Waals surface area contributed by atoms with Crippen molar-refractivity contribution in [2.45, 2.75) is 6.36 Å². The number of ether oxygens (including phenoxy) is 2. The van der Waals surface area contributed by atoms with Gasteiger partial charge < -0.3 is 20.1 Å². The highest BCUT2D eigenvalue weighted by molar-refractivity contribution is 6.31. The van der Waals surface area contributed by atoms with Gasteiger partial charge in [0.15, 0.2) is 0 Å². The van der Waals surface area contributed by atoms with Gasteiger partial charge in [-0.15, -0.1) is 13.2 Å². The molecule has 0 saturated heterocycles. The number of methoxy groups -OCH3 is 1. The zero-order chi connectivity index (χ0) is 34.7. The lowest BCUT2D eigenvalue weighted by Gasteiger charge is -2.29. The van der Waals surface area contributed by atoms with Crippen molar-refractivity contribution in [2.24, 2.45) is 0 Å². The van der Waals surface area contributed by atoms with E-state index in [-0.39, 0.29) is 35.1 Å². The second-order valence-electron chi connectivity index (χ2n) is 10.1. The van der Waals surface area contributed by atoms with Crippen LogP contribution in [0.25, 0.3) is 0 Å². The number of halogens is 6. The molecule has 0 aliphatic carbocycles. The van der Waals surface area contributed by atoms with E-state index in [0.717, 1.165) is 17.0 Å². The largest absolute Gasteiger partial charge is 0.573 e. The van der Waals surface area contributed by atoms with Gasteiger partial charge in [0.05, 0.1) is 35.3 Å². The average molecular weight is 705 g/mol. The third-order valence-corrected chi connectivity index (χ3v) is 7.37. The molecule has 4 amide bonds. The number of carbonyl (C=O) groups excluding carboxylic acids is 4. The first kappa shape index (κ1) is 34.0. The Labute approximate surface area is 279 Å². The van der Waals surface area contributed by atoms with Gasteiger partial charge in [-0.1, -0.05) is 41.4 Å². The predicted molar refractivity (Wildman–Crippen MR) is 170 cm³/mol. The van der Waals surface area contributed by atoms with Crippen LogP contribution in [0.3, 0.4) is 0 Å². The molecule has 10 nitrogen and oxygen atoms in total. The van der Waals surface area contributed by atoms with Crippen LogP contribution in [0.2, 0.25) is 10.0 Å². The van der Waals surface area contributed by atoms with E-state index in [2.05, 4.69) is 15.4 Å². The normalized spacial score (nSPS) is 13.6. The second-order valence-corrected chi connectivity index (χ2v) is 10.9. The van der Waals surface area contributed by atoms with Crippen LogP contribution in [0.1, 0.15) is 20.7 Å². The second kappa shape index (κ2) is 13.8. The Kier molecular flexibility index (Phi) is 9.77. The van der Waals surface area contributed by atoms with Crippen LogP contribution in [0.15, 0.2) is 78.9 Å². The summed E-state index contributed by atoms with van der Waals surface area (Å²) in [6.45, 7) is -0.557. The minimum absolute atomic E-state index is 0.0157. The molecule has 2 heterocycles. The van der Waals surface area contributed by atoms with Gasteiger partial charge in [0.2, 0.25) is 11.8 Å². The Bertz CT molecular complexity index is 1940. The lowest BCUT2D eigenvalue weighted by Crippen LogP contribution is -2.42. The van der Waals surface area contributed by atoms with E-state index < -0.39 is 47.1 Å². The summed E-state index contributed by atoms with van der Waals surface area (Å²) in [5, 5.41) is 5.45. The molecular formula is C32H22Cl2F4N4O6. The van der Waals surface area contributed by atoms with E-state index in [0.29, 0.717) is 22.1 Å². The number of hydrogen-bond acceptors (Lipinski definition) is 6. The zero-order valence-corrected chi connectivity index (χ0v) is 26.0. The minimum Gasteiger partial charge on any atom is -0.496 e. The number of fused-ring (bicyclic) bond motifs is 2. The number of anilines is 4. The topological polar surface area (TPSA) is 117 Å². The standard InChI is InChI=1S/C16H10ClF3N2O3.C16H12ClFN2O3/c17-9-5-6-13(25-16(18,19)20)10(7-9)15(24)22-8-14(23)21-11-3-1-2-4-12(11)22;1-23-13-6-5-9(17)7-10(13)16(22)20-8-14(21)19-15-11(18)3-2-4-12(15)20/h1-7H,8H2,(H,21,23);2-7H,8H2,1H3,(H,19,21). The summed E-state index contributed by atoms with van der Waals surface area (Å²) in [6, 6.07) is 18.5. The molecule has 48 heavy (non-hydrogen) atoms. The molecule has 2 aliphatic heterocycles. The summed E-state index contributed by atoms with van der Waals surface area (Å²) in [4.78, 5) is 51.5. The molecular weight excluding hydrogens is 683 g/mol. The molecule has 6 rings (SSSR count). The van der Waals surface area contributed by atoms with E-state index in [1.54, 1.807) is 42.5 Å². The number of carbonyl (C=O) groups is 4. The average Bonchev–Trinajstić information content (AvgIpc) is 3.04. The zero-order valence-electron chi connectivity index (χ0n) is 24.5. The quantitative estimate of drug-likeness (QED) is 0.223. The lowest BCUT2D eigenvalue weighted by molar-refractivity contribution is -0.274. The van der Waals surface area contributed by atoms with Crippen molar-refractivity contribution in [2.75, 3.05) is 40.6 Å². The monoisotopic (exact) mass is 704 g/mol. The van der Waals surface area contributed by atoms with E-state index in [4.69, 9.17) is 27.9 Å². The Balaban J connectivity index is 0.000000188. The van der Waals surface area contributed by atoms with Crippen LogP contribution in [0.5, 0.6) is 11.5 Å². The van der Waals surface area contributed by atoms with Crippen molar-refractivity contribution in [3.63, 3.8) is 0 Å². The molecule has 0 atom stereocenters. The van der Waals surface area contributed by atoms with Crippen molar-refractivity contribution >= 4 is 69.6 Å². The molecule has 0 bridgehead atoms. The molecule has 0 unspecified atom stereocenters. The summed E-state index contributed by atoms with van der Waals surface area (Å²) in [5.41, 5.74) is 0.825. The molecule has 4 aromatic rings. The van der Waals surface area contributed by atoms with Crippen LogP contribution >= 0.6 is 23.2 Å². The Morgan fingerprint density at radius 3 is 1.92 bits per heavy atom. The number of para-hydroxylation sites is 3. The fourth-order valence-corrected chi connectivity index (χ4v) is 5.23. The van der Waals surface area contributed by atoms with Gasteiger partial charge in [-0.05, 0) is 60.7 Å². The first-order valence-electron chi connectivity index (χ1n) is 13.8. The van der Waals surface area contributed by atoms with Crippen LogP contribution in [-0.4, -0.2) is 50.2 Å². The molecule has 2 aliphatic rings. The van der Waals surface area contributed by atoms with Gasteiger partial charge in [-0.25, -0.2) is 4.39 Å². The number of rotatable bonds is 4. The van der Waals surface area contributed by atoms with E-state index in [1.165, 1.54) is 36.3 Å². The van der Waals surface area contributed by atoms with Crippen molar-refractivity contribution < 1.29 is 46.2 Å². The summed E-state index contributed by atoms with van der Waals surface area (Å²) < 4.78 is 60.7. The fourth-order valence-electron chi connectivity index (χ4n) is 4.89. The summed E-state index contributed by atoms with van der Waals surface area (Å²) in [5.74, 6) is -3.24. The number of benzene rings is 4. The maximum absolute atomic E-state index is 13.9. The first-order valence-corrected chi connectivity index (χ1v) is 14.5. The van der Waals surface area contributed by atoms with Crippen molar-refractivity contribution in [1.29, 1.82) is 0 Å². The Morgan fingerprint density at radius 2 is 1.29 bits per heavy atom. The molecule has 0 radical (unpaired) electrons. The summed E-state index contributed by atoms with van der Waals surface area (Å²) >= 11 is 11.8. The van der Waals surface area contributed by atoms with Gasteiger partial charge in [-0.3, -0.25) is 29.0 Å². The summed E-state index contributed by atoms with van der Waals surface area (Å²) in [6.07, 6.45) is -4.97. The van der Waals surface area contributed by atoms with Crippen molar-refractivity contribution in [3.05, 3.63) is 106 Å². The Hall–Kier alpha value is -5.34. The molecule has 4 aromatic carbocycles. The van der Waals surface area contributed by atoms with Gasteiger partial charge in [0, 0.05) is 10.0 Å². The van der Waals surface area contributed by atoms with E-state index in [1.807, 2.05) is 0 Å². The van der Waals surface area contributed by atoms with Crippen LogP contribution in [0, 0.1) is 5.82 Å². The van der Waals surface area contributed by atoms with Crippen molar-refractivity contribution in [3.8, 4) is 11.5 Å². The maximum atomic E-state index is 13.9. The molecule has 16 heteroatoms. The highest BCUT2D eigenvalue weighted by atomic mass is 35.5. The highest BCUT2D eigenvalue weighted by Crippen LogP contribution is 2.36. The molecule has 0 spiro atoms. The predicted octanol–water partition coefficient (Wildman–Crippen LogP) is 6.92. The summed E-state index contributed by atoms with van der Waals surface area (Å²) in [7, 11) is 1.43.